The average molecular weight is 502 g/mol. The number of benzene rings is 2. The molecular formula is C31H39N3O3. The zero-order chi connectivity index (χ0) is 25.8. The molecule has 1 saturated heterocycles. The molecule has 1 amide bonds. The standard InChI is InChI=1S/C31H39N3O3/c1-22(2)27-13-11-26-29(36-27)25-20-24(30(35)33-16-7-18-34-19-17-32-21-34)10-12-28(25)37-31(26,3)15-14-23-8-5-4-6-9-23/h4-6,8-10,12,17,19-22,26-27,29H,7,11,13-16,18H2,1-3H3,(H,33,35)/t26-,27+,29+,31+/m1/s1. The number of hydrogen-bond acceptors (Lipinski definition) is 4. The fraction of sp³-hybridized carbons (Fsp3) is 0.484. The molecule has 0 radical (unpaired) electrons. The molecule has 1 N–H and O–H groups in total. The number of nitrogens with zero attached hydrogens (tertiary/aromatic N) is 2. The summed E-state index contributed by atoms with van der Waals surface area (Å²) in [5.74, 6) is 1.48. The highest BCUT2D eigenvalue weighted by atomic mass is 16.5. The van der Waals surface area contributed by atoms with Crippen LogP contribution in [-0.2, 0) is 17.7 Å². The Kier molecular flexibility index (Phi) is 7.65. The van der Waals surface area contributed by atoms with Crippen LogP contribution in [-0.4, -0.2) is 33.7 Å². The van der Waals surface area contributed by atoms with E-state index in [0.29, 0.717) is 18.0 Å². The predicted octanol–water partition coefficient (Wildman–Crippen LogP) is 5.98. The fourth-order valence-electron chi connectivity index (χ4n) is 5.84. The molecule has 0 saturated carbocycles. The minimum atomic E-state index is -0.327. The van der Waals surface area contributed by atoms with Gasteiger partial charge in [0.1, 0.15) is 11.4 Å². The van der Waals surface area contributed by atoms with Crippen molar-refractivity contribution in [1.29, 1.82) is 0 Å². The van der Waals surface area contributed by atoms with E-state index in [-0.39, 0.29) is 29.6 Å². The van der Waals surface area contributed by atoms with E-state index >= 15 is 0 Å². The first-order valence-electron chi connectivity index (χ1n) is 13.7. The summed E-state index contributed by atoms with van der Waals surface area (Å²) < 4.78 is 15.6. The lowest BCUT2D eigenvalue weighted by molar-refractivity contribution is -0.166. The lowest BCUT2D eigenvalue weighted by atomic mass is 9.71. The molecule has 6 nitrogen and oxygen atoms in total. The van der Waals surface area contributed by atoms with Crippen LogP contribution < -0.4 is 10.1 Å². The Morgan fingerprint density at radius 3 is 2.78 bits per heavy atom. The van der Waals surface area contributed by atoms with Crippen LogP contribution in [0.1, 0.15) is 74.0 Å². The van der Waals surface area contributed by atoms with Crippen LogP contribution in [0.5, 0.6) is 5.75 Å². The molecule has 3 aromatic rings. The van der Waals surface area contributed by atoms with Crippen molar-refractivity contribution in [3.8, 4) is 5.75 Å². The molecule has 3 heterocycles. The van der Waals surface area contributed by atoms with Crippen molar-refractivity contribution in [3.63, 3.8) is 0 Å². The molecule has 1 aromatic heterocycles. The van der Waals surface area contributed by atoms with Crippen molar-refractivity contribution in [2.45, 2.75) is 77.2 Å². The number of carbonyl (C=O) groups is 1. The number of hydrogen-bond donors (Lipinski definition) is 1. The monoisotopic (exact) mass is 501 g/mol. The lowest BCUT2D eigenvalue weighted by Crippen LogP contribution is -2.51. The molecule has 5 rings (SSSR count). The van der Waals surface area contributed by atoms with Crippen molar-refractivity contribution in [1.82, 2.24) is 14.9 Å². The lowest BCUT2D eigenvalue weighted by Gasteiger charge is -2.51. The molecule has 37 heavy (non-hydrogen) atoms. The summed E-state index contributed by atoms with van der Waals surface area (Å²) in [6.45, 7) is 8.14. The molecule has 4 atom stereocenters. The third-order valence-electron chi connectivity index (χ3n) is 8.09. The number of amides is 1. The number of nitrogens with one attached hydrogen (secondary N) is 1. The first-order valence-corrected chi connectivity index (χ1v) is 13.7. The second kappa shape index (κ2) is 11.1. The molecule has 0 bridgehead atoms. The topological polar surface area (TPSA) is 65.4 Å². The number of imidazole rings is 1. The molecule has 0 spiro atoms. The quantitative estimate of drug-likeness (QED) is 0.366. The Hall–Kier alpha value is -3.12. The molecule has 0 unspecified atom stereocenters. The van der Waals surface area contributed by atoms with Crippen molar-refractivity contribution in [2.24, 2.45) is 11.8 Å². The van der Waals surface area contributed by atoms with Gasteiger partial charge in [0.2, 0.25) is 0 Å². The Morgan fingerprint density at radius 2 is 2.03 bits per heavy atom. The van der Waals surface area contributed by atoms with Gasteiger partial charge in [-0.1, -0.05) is 44.2 Å². The van der Waals surface area contributed by atoms with Crippen molar-refractivity contribution < 1.29 is 14.3 Å². The van der Waals surface area contributed by atoms with Gasteiger partial charge in [-0.05, 0) is 68.7 Å². The van der Waals surface area contributed by atoms with Crippen LogP contribution in [0, 0.1) is 11.8 Å². The number of aromatic nitrogens is 2. The Balaban J connectivity index is 1.33. The first-order chi connectivity index (χ1) is 17.9. The minimum absolute atomic E-state index is 0.0568. The maximum Gasteiger partial charge on any atom is 0.251 e. The van der Waals surface area contributed by atoms with E-state index in [2.05, 4.69) is 61.4 Å². The van der Waals surface area contributed by atoms with Gasteiger partial charge >= 0.3 is 0 Å². The zero-order valence-corrected chi connectivity index (χ0v) is 22.2. The van der Waals surface area contributed by atoms with E-state index in [0.717, 1.165) is 50.0 Å². The highest BCUT2D eigenvalue weighted by Gasteiger charge is 2.50. The van der Waals surface area contributed by atoms with Gasteiger partial charge in [-0.15, -0.1) is 0 Å². The normalized spacial score (nSPS) is 24.7. The van der Waals surface area contributed by atoms with Crippen LogP contribution in [0.2, 0.25) is 0 Å². The SMILES string of the molecule is CC(C)[C@@H]1CC[C@@H]2[C@@H](O1)c1cc(C(=O)NCCCn3ccnc3)ccc1O[C@@]2(C)CCc1ccccc1. The number of fused-ring (bicyclic) bond motifs is 3. The highest BCUT2D eigenvalue weighted by molar-refractivity contribution is 5.94. The molecule has 2 aliphatic rings. The van der Waals surface area contributed by atoms with E-state index in [1.54, 1.807) is 12.5 Å². The van der Waals surface area contributed by atoms with Crippen LogP contribution >= 0.6 is 0 Å². The van der Waals surface area contributed by atoms with Crippen molar-refractivity contribution in [3.05, 3.63) is 83.9 Å². The number of carbonyl (C=O) groups excluding carboxylic acids is 1. The van der Waals surface area contributed by atoms with Gasteiger partial charge in [0.15, 0.2) is 0 Å². The Bertz CT molecular complexity index is 1180. The van der Waals surface area contributed by atoms with E-state index in [9.17, 15) is 4.79 Å². The molecule has 196 valence electrons. The van der Waals surface area contributed by atoms with E-state index in [1.807, 2.05) is 29.0 Å². The Morgan fingerprint density at radius 1 is 1.19 bits per heavy atom. The van der Waals surface area contributed by atoms with Crippen LogP contribution in [0.3, 0.4) is 0 Å². The van der Waals surface area contributed by atoms with Gasteiger partial charge in [-0.2, -0.15) is 0 Å². The number of rotatable bonds is 9. The summed E-state index contributed by atoms with van der Waals surface area (Å²) in [5, 5.41) is 3.07. The van der Waals surface area contributed by atoms with Gasteiger partial charge in [0.25, 0.3) is 5.91 Å². The second-order valence-electron chi connectivity index (χ2n) is 11.1. The van der Waals surface area contributed by atoms with Gasteiger partial charge in [-0.3, -0.25) is 4.79 Å². The first kappa shape index (κ1) is 25.5. The van der Waals surface area contributed by atoms with E-state index < -0.39 is 0 Å². The summed E-state index contributed by atoms with van der Waals surface area (Å²) in [5.41, 5.74) is 2.67. The number of ether oxygens (including phenoxy) is 2. The minimum Gasteiger partial charge on any atom is -0.487 e. The zero-order valence-electron chi connectivity index (χ0n) is 22.2. The fourth-order valence-corrected chi connectivity index (χ4v) is 5.84. The summed E-state index contributed by atoms with van der Waals surface area (Å²) in [6.07, 6.45) is 10.5. The van der Waals surface area contributed by atoms with Crippen molar-refractivity contribution >= 4 is 5.91 Å². The summed E-state index contributed by atoms with van der Waals surface area (Å²) in [4.78, 5) is 17.1. The molecular weight excluding hydrogens is 462 g/mol. The molecule has 2 aliphatic heterocycles. The highest BCUT2D eigenvalue weighted by Crippen LogP contribution is 2.52. The average Bonchev–Trinajstić information content (AvgIpc) is 3.44. The van der Waals surface area contributed by atoms with Crippen molar-refractivity contribution in [2.75, 3.05) is 6.54 Å². The Labute approximate surface area is 220 Å². The summed E-state index contributed by atoms with van der Waals surface area (Å²) >= 11 is 0. The van der Waals surface area contributed by atoms with Gasteiger partial charge in [-0.25, -0.2) is 4.98 Å². The van der Waals surface area contributed by atoms with E-state index in [4.69, 9.17) is 9.47 Å². The summed E-state index contributed by atoms with van der Waals surface area (Å²) in [6, 6.07) is 16.5. The molecule has 0 aliphatic carbocycles. The third kappa shape index (κ3) is 5.74. The van der Waals surface area contributed by atoms with Crippen LogP contribution in [0.15, 0.2) is 67.3 Å². The van der Waals surface area contributed by atoms with Crippen LogP contribution in [0.25, 0.3) is 0 Å². The molecule has 1 fully saturated rings. The summed E-state index contributed by atoms with van der Waals surface area (Å²) in [7, 11) is 0. The second-order valence-corrected chi connectivity index (χ2v) is 11.1. The predicted molar refractivity (Wildman–Crippen MR) is 145 cm³/mol. The van der Waals surface area contributed by atoms with Gasteiger partial charge < -0.3 is 19.4 Å². The van der Waals surface area contributed by atoms with E-state index in [1.165, 1.54) is 5.56 Å². The molecule has 2 aromatic carbocycles. The van der Waals surface area contributed by atoms with Gasteiger partial charge in [0, 0.05) is 42.5 Å². The maximum atomic E-state index is 13.0. The largest absolute Gasteiger partial charge is 0.487 e. The maximum absolute atomic E-state index is 13.0. The smallest absolute Gasteiger partial charge is 0.251 e. The van der Waals surface area contributed by atoms with Gasteiger partial charge in [0.05, 0.1) is 18.5 Å². The number of aryl methyl sites for hydroxylation is 2. The third-order valence-corrected chi connectivity index (χ3v) is 8.09. The van der Waals surface area contributed by atoms with Crippen LogP contribution in [0.4, 0.5) is 0 Å². The molecule has 6 heteroatoms.